The van der Waals surface area contributed by atoms with E-state index in [4.69, 9.17) is 9.97 Å². The summed E-state index contributed by atoms with van der Waals surface area (Å²) in [5.74, 6) is 1.38. The minimum atomic E-state index is -0.0147. The highest BCUT2D eigenvalue weighted by Crippen LogP contribution is 2.34. The van der Waals surface area contributed by atoms with Gasteiger partial charge in [-0.05, 0) is 19.9 Å². The second-order valence-corrected chi connectivity index (χ2v) is 8.52. The summed E-state index contributed by atoms with van der Waals surface area (Å²) >= 11 is 1.69. The summed E-state index contributed by atoms with van der Waals surface area (Å²) < 4.78 is 3.27. The predicted molar refractivity (Wildman–Crippen MR) is 120 cm³/mol. The van der Waals surface area contributed by atoms with Crippen molar-refractivity contribution in [1.82, 2.24) is 29.7 Å². The monoisotopic (exact) mass is 421 g/mol. The van der Waals surface area contributed by atoms with E-state index in [2.05, 4.69) is 51.5 Å². The highest BCUT2D eigenvalue weighted by molar-refractivity contribution is 7.17. The number of urea groups is 1. The summed E-state index contributed by atoms with van der Waals surface area (Å²) in [6.07, 6.45) is 1.82. The molecule has 8 nitrogen and oxygen atoms in total. The lowest BCUT2D eigenvalue weighted by molar-refractivity contribution is 0.219. The highest BCUT2D eigenvalue weighted by atomic mass is 32.1. The number of anilines is 1. The molecule has 4 heterocycles. The predicted octanol–water partition coefficient (Wildman–Crippen LogP) is 3.73. The van der Waals surface area contributed by atoms with Crippen LogP contribution in [0, 0.1) is 0 Å². The number of carbonyl (C=O) groups is 1. The number of amides is 2. The zero-order valence-corrected chi connectivity index (χ0v) is 17.7. The zero-order chi connectivity index (χ0) is 20.7. The first kappa shape index (κ1) is 18.8. The van der Waals surface area contributed by atoms with Crippen LogP contribution in [0.1, 0.15) is 19.9 Å². The Balaban J connectivity index is 1.54. The van der Waals surface area contributed by atoms with Crippen molar-refractivity contribution in [3.05, 3.63) is 36.0 Å². The maximum Gasteiger partial charge on any atom is 0.317 e. The Morgan fingerprint density at radius 2 is 2.13 bits per heavy atom. The number of thiophene rings is 1. The number of aromatic nitrogens is 4. The maximum absolute atomic E-state index is 11.8. The zero-order valence-electron chi connectivity index (χ0n) is 16.9. The van der Waals surface area contributed by atoms with Gasteiger partial charge in [0.25, 0.3) is 0 Å². The average Bonchev–Trinajstić information content (AvgIpc) is 3.46. The van der Waals surface area contributed by atoms with E-state index in [0.717, 1.165) is 28.7 Å². The molecule has 1 saturated heterocycles. The normalized spacial score (nSPS) is 14.2. The molecule has 2 N–H and O–H groups in total. The standard InChI is InChI=1S/C21H23N7OS/c1-13(2)28-12-24-17-19(22-7-9-27-10-8-23-21(27)29)25-18(26-20(17)28)15-11-30-16-6-4-3-5-14(15)16/h3-6,11-13H,7-10H2,1-2H3,(H,23,29)(H,22,25,26). The number of hydrogen-bond donors (Lipinski definition) is 2. The first-order valence-corrected chi connectivity index (χ1v) is 11.0. The van der Waals surface area contributed by atoms with Crippen molar-refractivity contribution in [1.29, 1.82) is 0 Å². The largest absolute Gasteiger partial charge is 0.366 e. The Morgan fingerprint density at radius 1 is 1.27 bits per heavy atom. The summed E-state index contributed by atoms with van der Waals surface area (Å²) in [5, 5.41) is 9.48. The van der Waals surface area contributed by atoms with E-state index >= 15 is 0 Å². The van der Waals surface area contributed by atoms with Gasteiger partial charge in [-0.2, -0.15) is 0 Å². The van der Waals surface area contributed by atoms with Crippen molar-refractivity contribution in [2.75, 3.05) is 31.5 Å². The molecule has 154 valence electrons. The fourth-order valence-corrected chi connectivity index (χ4v) is 4.66. The Hall–Kier alpha value is -3.20. The minimum Gasteiger partial charge on any atom is -0.366 e. The van der Waals surface area contributed by atoms with Crippen molar-refractivity contribution >= 4 is 44.4 Å². The van der Waals surface area contributed by atoms with Crippen molar-refractivity contribution in [3.8, 4) is 11.4 Å². The maximum atomic E-state index is 11.8. The molecule has 0 bridgehead atoms. The Bertz CT molecular complexity index is 1230. The van der Waals surface area contributed by atoms with Crippen LogP contribution < -0.4 is 10.6 Å². The smallest absolute Gasteiger partial charge is 0.317 e. The van der Waals surface area contributed by atoms with E-state index < -0.39 is 0 Å². The molecule has 1 aromatic carbocycles. The van der Waals surface area contributed by atoms with E-state index in [0.29, 0.717) is 31.3 Å². The molecule has 0 atom stereocenters. The lowest BCUT2D eigenvalue weighted by atomic mass is 10.1. The minimum absolute atomic E-state index is 0.0147. The highest BCUT2D eigenvalue weighted by Gasteiger charge is 2.20. The molecule has 9 heteroatoms. The van der Waals surface area contributed by atoms with Crippen LogP contribution in [-0.4, -0.2) is 56.6 Å². The molecular weight excluding hydrogens is 398 g/mol. The Kier molecular flexibility index (Phi) is 4.74. The number of fused-ring (bicyclic) bond motifs is 2. The van der Waals surface area contributed by atoms with Gasteiger partial charge in [0.1, 0.15) is 5.52 Å². The van der Waals surface area contributed by atoms with Crippen molar-refractivity contribution in [2.45, 2.75) is 19.9 Å². The van der Waals surface area contributed by atoms with Gasteiger partial charge in [-0.15, -0.1) is 11.3 Å². The third kappa shape index (κ3) is 3.24. The van der Waals surface area contributed by atoms with Gasteiger partial charge in [0.2, 0.25) is 0 Å². The Labute approximate surface area is 178 Å². The Morgan fingerprint density at radius 3 is 2.93 bits per heavy atom. The van der Waals surface area contributed by atoms with Crippen LogP contribution in [0.15, 0.2) is 36.0 Å². The lowest BCUT2D eigenvalue weighted by Gasteiger charge is -2.15. The molecule has 1 aliphatic heterocycles. The molecule has 2 amide bonds. The summed E-state index contributed by atoms with van der Waals surface area (Å²) in [6, 6.07) is 8.52. The van der Waals surface area contributed by atoms with Crippen molar-refractivity contribution in [2.24, 2.45) is 0 Å². The van der Waals surface area contributed by atoms with E-state index in [1.165, 1.54) is 4.70 Å². The molecule has 1 fully saturated rings. The van der Waals surface area contributed by atoms with Gasteiger partial charge in [-0.3, -0.25) is 0 Å². The topological polar surface area (TPSA) is 88.0 Å². The van der Waals surface area contributed by atoms with Crippen LogP contribution in [0.25, 0.3) is 32.6 Å². The fourth-order valence-electron chi connectivity index (χ4n) is 3.72. The number of hydrogen-bond acceptors (Lipinski definition) is 6. The van der Waals surface area contributed by atoms with Gasteiger partial charge in [-0.25, -0.2) is 19.7 Å². The number of carbonyl (C=O) groups excluding carboxylic acids is 1. The van der Waals surface area contributed by atoms with Crippen LogP contribution >= 0.6 is 11.3 Å². The van der Waals surface area contributed by atoms with E-state index in [1.807, 2.05) is 18.5 Å². The third-order valence-corrected chi connectivity index (χ3v) is 6.28. The van der Waals surface area contributed by atoms with E-state index in [1.54, 1.807) is 16.2 Å². The number of imidazole rings is 1. The molecule has 0 radical (unpaired) electrons. The van der Waals surface area contributed by atoms with Crippen molar-refractivity contribution < 1.29 is 4.79 Å². The molecule has 30 heavy (non-hydrogen) atoms. The van der Waals surface area contributed by atoms with Gasteiger partial charge in [0, 0.05) is 53.3 Å². The van der Waals surface area contributed by atoms with Gasteiger partial charge in [0.15, 0.2) is 17.3 Å². The number of nitrogens with zero attached hydrogens (tertiary/aromatic N) is 5. The number of rotatable bonds is 6. The van der Waals surface area contributed by atoms with Gasteiger partial charge in [-0.1, -0.05) is 18.2 Å². The van der Waals surface area contributed by atoms with Crippen molar-refractivity contribution in [3.63, 3.8) is 0 Å². The van der Waals surface area contributed by atoms with Crippen LogP contribution in [0.4, 0.5) is 10.6 Å². The molecule has 0 spiro atoms. The first-order chi connectivity index (χ1) is 14.6. The SMILES string of the molecule is CC(C)n1cnc2c(NCCN3CCNC3=O)nc(-c3csc4ccccc34)nc21. The van der Waals surface area contributed by atoms with E-state index in [-0.39, 0.29) is 12.1 Å². The number of nitrogens with one attached hydrogen (secondary N) is 2. The van der Waals surface area contributed by atoms with Crippen LogP contribution in [0.3, 0.4) is 0 Å². The van der Waals surface area contributed by atoms with Crippen LogP contribution in [0.2, 0.25) is 0 Å². The molecule has 5 rings (SSSR count). The summed E-state index contributed by atoms with van der Waals surface area (Å²) in [4.78, 5) is 27.9. The quantitative estimate of drug-likeness (QED) is 0.495. The second kappa shape index (κ2) is 7.56. The molecule has 3 aromatic heterocycles. The average molecular weight is 422 g/mol. The molecule has 4 aromatic rings. The fraction of sp³-hybridized carbons (Fsp3) is 0.333. The third-order valence-electron chi connectivity index (χ3n) is 5.32. The van der Waals surface area contributed by atoms with Crippen LogP contribution in [0.5, 0.6) is 0 Å². The molecule has 1 aliphatic rings. The molecular formula is C21H23N7OS. The summed E-state index contributed by atoms with van der Waals surface area (Å²) in [6.45, 7) is 6.86. The summed E-state index contributed by atoms with van der Waals surface area (Å²) in [7, 11) is 0. The summed E-state index contributed by atoms with van der Waals surface area (Å²) in [5.41, 5.74) is 2.58. The van der Waals surface area contributed by atoms with Gasteiger partial charge >= 0.3 is 6.03 Å². The molecule has 0 aliphatic carbocycles. The van der Waals surface area contributed by atoms with Crippen LogP contribution in [-0.2, 0) is 0 Å². The molecule has 0 saturated carbocycles. The molecule has 0 unspecified atom stereocenters. The van der Waals surface area contributed by atoms with Gasteiger partial charge < -0.3 is 20.1 Å². The number of benzene rings is 1. The second-order valence-electron chi connectivity index (χ2n) is 7.60. The first-order valence-electron chi connectivity index (χ1n) is 10.1. The van der Waals surface area contributed by atoms with Gasteiger partial charge in [0.05, 0.1) is 6.33 Å². The van der Waals surface area contributed by atoms with E-state index in [9.17, 15) is 4.79 Å². The lowest BCUT2D eigenvalue weighted by Crippen LogP contribution is -2.32.